The van der Waals surface area contributed by atoms with Crippen molar-refractivity contribution in [3.8, 4) is 11.3 Å². The van der Waals surface area contributed by atoms with Gasteiger partial charge in [0.25, 0.3) is 0 Å². The smallest absolute Gasteiger partial charge is 0.412 e. The molecule has 5 rings (SSSR count). The second-order valence-electron chi connectivity index (χ2n) is 8.18. The Balaban J connectivity index is 1.29. The molecule has 3 heterocycles. The van der Waals surface area contributed by atoms with Crippen molar-refractivity contribution in [3.63, 3.8) is 0 Å². The van der Waals surface area contributed by atoms with Crippen LogP contribution in [-0.4, -0.2) is 44.5 Å². The molecule has 0 bridgehead atoms. The van der Waals surface area contributed by atoms with Crippen molar-refractivity contribution in [2.24, 2.45) is 0 Å². The first-order valence-electron chi connectivity index (χ1n) is 11.2. The van der Waals surface area contributed by atoms with Gasteiger partial charge in [-0.05, 0) is 36.6 Å². The topological polar surface area (TPSA) is 101 Å². The Kier molecular flexibility index (Phi) is 6.25. The number of carbonyl (C=O) groups excluding carboxylic acids is 2. The molecule has 3 amide bonds. The van der Waals surface area contributed by atoms with Gasteiger partial charge in [-0.3, -0.25) is 9.72 Å². The van der Waals surface area contributed by atoms with Gasteiger partial charge in [0.2, 0.25) is 5.78 Å². The highest BCUT2D eigenvalue weighted by Gasteiger charge is 2.19. The van der Waals surface area contributed by atoms with Crippen molar-refractivity contribution in [2.75, 3.05) is 23.7 Å². The molecular formula is C25H23FN6O3. The third-order valence-corrected chi connectivity index (χ3v) is 5.67. The van der Waals surface area contributed by atoms with Crippen LogP contribution in [-0.2, 0) is 11.3 Å². The minimum atomic E-state index is -0.604. The molecule has 178 valence electrons. The summed E-state index contributed by atoms with van der Waals surface area (Å²) in [6.07, 6.45) is 6.14. The van der Waals surface area contributed by atoms with Crippen molar-refractivity contribution >= 4 is 29.3 Å². The molecule has 0 atom stereocenters. The van der Waals surface area contributed by atoms with E-state index in [-0.39, 0.29) is 18.3 Å². The molecule has 9 nitrogen and oxygen atoms in total. The van der Waals surface area contributed by atoms with Crippen molar-refractivity contribution in [1.29, 1.82) is 0 Å². The summed E-state index contributed by atoms with van der Waals surface area (Å²) in [5.41, 5.74) is 2.55. The Morgan fingerprint density at radius 1 is 1.03 bits per heavy atom. The van der Waals surface area contributed by atoms with E-state index in [1.807, 2.05) is 30.3 Å². The second-order valence-corrected chi connectivity index (χ2v) is 8.18. The summed E-state index contributed by atoms with van der Waals surface area (Å²) in [6, 6.07) is 13.5. The molecule has 0 saturated carbocycles. The number of ether oxygens (including phenoxy) is 1. The number of fused-ring (bicyclic) bond motifs is 1. The molecule has 35 heavy (non-hydrogen) atoms. The molecule has 0 radical (unpaired) electrons. The Morgan fingerprint density at radius 3 is 2.63 bits per heavy atom. The van der Waals surface area contributed by atoms with E-state index in [2.05, 4.69) is 20.6 Å². The zero-order valence-corrected chi connectivity index (χ0v) is 18.8. The number of urea groups is 1. The zero-order valence-electron chi connectivity index (χ0n) is 18.8. The van der Waals surface area contributed by atoms with Gasteiger partial charge < -0.3 is 15.0 Å². The number of imidazole rings is 1. The normalized spacial score (nSPS) is 13.1. The van der Waals surface area contributed by atoms with Gasteiger partial charge in [-0.25, -0.2) is 23.9 Å². The van der Waals surface area contributed by atoms with Crippen molar-refractivity contribution in [3.05, 3.63) is 78.5 Å². The SMILES string of the molecule is O=C(Nc1cnc2nc(-c3ccc(F)c(NC(=O)N4CCCC4)c3)cn2c1)OCc1ccccc1. The maximum Gasteiger partial charge on any atom is 0.412 e. The number of hydrogen-bond acceptors (Lipinski definition) is 5. The third-order valence-electron chi connectivity index (χ3n) is 5.67. The Labute approximate surface area is 200 Å². The molecular weight excluding hydrogens is 451 g/mol. The number of benzene rings is 2. The van der Waals surface area contributed by atoms with Gasteiger partial charge in [-0.2, -0.15) is 0 Å². The third kappa shape index (κ3) is 5.21. The number of aromatic nitrogens is 3. The highest BCUT2D eigenvalue weighted by atomic mass is 19.1. The molecule has 1 saturated heterocycles. The summed E-state index contributed by atoms with van der Waals surface area (Å²) >= 11 is 0. The van der Waals surface area contributed by atoms with Gasteiger partial charge in [0, 0.05) is 31.0 Å². The number of amides is 3. The lowest BCUT2D eigenvalue weighted by Gasteiger charge is -2.16. The van der Waals surface area contributed by atoms with Crippen LogP contribution in [0.2, 0.25) is 0 Å². The predicted molar refractivity (Wildman–Crippen MR) is 128 cm³/mol. The molecule has 0 unspecified atom stereocenters. The van der Waals surface area contributed by atoms with Gasteiger partial charge in [0.15, 0.2) is 0 Å². The molecule has 0 aliphatic carbocycles. The minimum absolute atomic E-state index is 0.0907. The molecule has 1 fully saturated rings. The zero-order chi connectivity index (χ0) is 24.2. The Morgan fingerprint density at radius 2 is 1.83 bits per heavy atom. The molecule has 1 aliphatic rings. The summed E-state index contributed by atoms with van der Waals surface area (Å²) in [5.74, 6) is -0.126. The van der Waals surface area contributed by atoms with Gasteiger partial charge in [0.1, 0.15) is 12.4 Å². The fourth-order valence-corrected chi connectivity index (χ4v) is 3.86. The van der Waals surface area contributed by atoms with Crippen LogP contribution in [0.15, 0.2) is 67.1 Å². The predicted octanol–water partition coefficient (Wildman–Crippen LogP) is 4.91. The number of likely N-dealkylation sites (tertiary alicyclic amines) is 1. The van der Waals surface area contributed by atoms with E-state index in [9.17, 15) is 14.0 Å². The van der Waals surface area contributed by atoms with E-state index in [1.54, 1.807) is 33.8 Å². The Hall–Kier alpha value is -4.47. The van der Waals surface area contributed by atoms with E-state index in [1.165, 1.54) is 12.3 Å². The maximum absolute atomic E-state index is 14.4. The molecule has 2 aromatic heterocycles. The fourth-order valence-electron chi connectivity index (χ4n) is 3.86. The van der Waals surface area contributed by atoms with E-state index < -0.39 is 11.9 Å². The van der Waals surface area contributed by atoms with Crippen LogP contribution in [0.4, 0.5) is 25.4 Å². The van der Waals surface area contributed by atoms with E-state index >= 15 is 0 Å². The van der Waals surface area contributed by atoms with Gasteiger partial charge in [0.05, 0.1) is 23.3 Å². The first kappa shape index (κ1) is 22.3. The quantitative estimate of drug-likeness (QED) is 0.428. The highest BCUT2D eigenvalue weighted by Crippen LogP contribution is 2.25. The number of nitrogens with zero attached hydrogens (tertiary/aromatic N) is 4. The molecule has 4 aromatic rings. The lowest BCUT2D eigenvalue weighted by molar-refractivity contribution is 0.155. The molecule has 2 N–H and O–H groups in total. The Bertz CT molecular complexity index is 1370. The van der Waals surface area contributed by atoms with Crippen LogP contribution in [0.1, 0.15) is 18.4 Å². The molecule has 2 aromatic carbocycles. The molecule has 0 spiro atoms. The first-order chi connectivity index (χ1) is 17.0. The second kappa shape index (κ2) is 9.80. The number of carbonyl (C=O) groups is 2. The van der Waals surface area contributed by atoms with Crippen LogP contribution < -0.4 is 10.6 Å². The standard InChI is InChI=1S/C25H23FN6O3/c26-20-9-8-18(12-21(20)30-24(33)31-10-4-5-11-31)22-15-32-14-19(13-27-23(32)29-22)28-25(34)35-16-17-6-2-1-3-7-17/h1-3,6-9,12-15H,4-5,10-11,16H2,(H,28,34)(H,30,33). The number of nitrogens with one attached hydrogen (secondary N) is 2. The number of rotatable bonds is 5. The lowest BCUT2D eigenvalue weighted by Crippen LogP contribution is -2.32. The maximum atomic E-state index is 14.4. The van der Waals surface area contributed by atoms with E-state index in [0.717, 1.165) is 18.4 Å². The van der Waals surface area contributed by atoms with Crippen molar-refractivity contribution < 1.29 is 18.7 Å². The first-order valence-corrected chi connectivity index (χ1v) is 11.2. The lowest BCUT2D eigenvalue weighted by atomic mass is 10.1. The summed E-state index contributed by atoms with van der Waals surface area (Å²) in [7, 11) is 0. The summed E-state index contributed by atoms with van der Waals surface area (Å²) in [4.78, 5) is 34.9. The number of anilines is 2. The van der Waals surface area contributed by atoms with Crippen LogP contribution >= 0.6 is 0 Å². The minimum Gasteiger partial charge on any atom is -0.444 e. The van der Waals surface area contributed by atoms with Gasteiger partial charge in [-0.15, -0.1) is 0 Å². The summed E-state index contributed by atoms with van der Waals surface area (Å²) in [6.45, 7) is 1.49. The van der Waals surface area contributed by atoms with Crippen molar-refractivity contribution in [2.45, 2.75) is 19.4 Å². The average Bonchev–Trinajstić information content (AvgIpc) is 3.55. The van der Waals surface area contributed by atoms with E-state index in [0.29, 0.717) is 35.8 Å². The monoisotopic (exact) mass is 474 g/mol. The van der Waals surface area contributed by atoms with Crippen LogP contribution in [0.25, 0.3) is 17.0 Å². The molecule has 1 aliphatic heterocycles. The van der Waals surface area contributed by atoms with E-state index in [4.69, 9.17) is 4.74 Å². The van der Waals surface area contributed by atoms with Crippen LogP contribution in [0, 0.1) is 5.82 Å². The fraction of sp³-hybridized carbons (Fsp3) is 0.200. The van der Waals surface area contributed by atoms with Crippen LogP contribution in [0.3, 0.4) is 0 Å². The number of hydrogen-bond donors (Lipinski definition) is 2. The number of halogens is 1. The largest absolute Gasteiger partial charge is 0.444 e. The van der Waals surface area contributed by atoms with Gasteiger partial charge >= 0.3 is 12.1 Å². The average molecular weight is 474 g/mol. The highest BCUT2D eigenvalue weighted by molar-refractivity contribution is 5.90. The van der Waals surface area contributed by atoms with Crippen molar-refractivity contribution in [1.82, 2.24) is 19.3 Å². The van der Waals surface area contributed by atoms with Gasteiger partial charge in [-0.1, -0.05) is 30.3 Å². The summed E-state index contributed by atoms with van der Waals surface area (Å²) < 4.78 is 21.2. The molecule has 10 heteroatoms. The summed E-state index contributed by atoms with van der Waals surface area (Å²) in [5, 5.41) is 5.30. The van der Waals surface area contributed by atoms with Crippen LogP contribution in [0.5, 0.6) is 0 Å².